The van der Waals surface area contributed by atoms with Crippen LogP contribution in [0.4, 0.5) is 0 Å². The van der Waals surface area contributed by atoms with Crippen LogP contribution in [0.2, 0.25) is 0 Å². The van der Waals surface area contributed by atoms with Crippen molar-refractivity contribution in [1.82, 2.24) is 14.5 Å². The first-order valence-electron chi connectivity index (χ1n) is 25.2. The minimum absolute atomic E-state index is 0. The van der Waals surface area contributed by atoms with Crippen molar-refractivity contribution >= 4 is 11.0 Å². The van der Waals surface area contributed by atoms with E-state index in [1.54, 1.807) is 0 Å². The first-order valence-corrected chi connectivity index (χ1v) is 25.2. The molecule has 1 N–H and O–H groups in total. The van der Waals surface area contributed by atoms with E-state index >= 15 is 0 Å². The smallest absolute Gasteiger partial charge is 0.148 e. The number of aryl methyl sites for hydroxylation is 2. The molecular formula is C68H64N3OPt-. The summed E-state index contributed by atoms with van der Waals surface area (Å²) in [6.45, 7) is 24.4. The number of phenols is 1. The topological polar surface area (TPSA) is 50.9 Å². The van der Waals surface area contributed by atoms with Crippen molar-refractivity contribution in [3.63, 3.8) is 0 Å². The molecule has 0 aliphatic carbocycles. The fraction of sp³-hybridized carbons (Fsp3) is 0.206. The molecule has 10 rings (SSSR count). The van der Waals surface area contributed by atoms with Crippen molar-refractivity contribution in [2.75, 3.05) is 0 Å². The third-order valence-corrected chi connectivity index (χ3v) is 14.2. The van der Waals surface area contributed by atoms with E-state index in [-0.39, 0.29) is 43.1 Å². The van der Waals surface area contributed by atoms with Gasteiger partial charge < -0.3 is 5.11 Å². The van der Waals surface area contributed by atoms with Crippen LogP contribution in [0.3, 0.4) is 0 Å². The second kappa shape index (κ2) is 19.7. The molecule has 0 amide bonds. The first kappa shape index (κ1) is 50.8. The fourth-order valence-corrected chi connectivity index (χ4v) is 10.1. The molecule has 0 spiro atoms. The van der Waals surface area contributed by atoms with E-state index < -0.39 is 0 Å². The van der Waals surface area contributed by atoms with Crippen molar-refractivity contribution in [2.24, 2.45) is 0 Å². The van der Waals surface area contributed by atoms with E-state index in [4.69, 9.17) is 9.97 Å². The number of hydrogen-bond acceptors (Lipinski definition) is 3. The number of aromatic nitrogens is 3. The van der Waals surface area contributed by atoms with Gasteiger partial charge in [-0.25, -0.2) is 4.98 Å². The molecule has 0 radical (unpaired) electrons. The Hall–Kier alpha value is -7.13. The minimum Gasteiger partial charge on any atom is -0.507 e. The largest absolute Gasteiger partial charge is 0.507 e. The Morgan fingerprint density at radius 3 is 1.74 bits per heavy atom. The molecule has 0 saturated carbocycles. The molecule has 8 aromatic carbocycles. The number of aromatic hydroxyl groups is 1. The van der Waals surface area contributed by atoms with Gasteiger partial charge in [0.15, 0.2) is 0 Å². The second-order valence-corrected chi connectivity index (χ2v) is 22.5. The molecule has 5 heteroatoms. The average molecular weight is 1130 g/mol. The number of benzene rings is 8. The summed E-state index contributed by atoms with van der Waals surface area (Å²) in [5.41, 5.74) is 21.5. The van der Waals surface area contributed by atoms with Crippen molar-refractivity contribution in [1.29, 1.82) is 0 Å². The van der Waals surface area contributed by atoms with E-state index in [1.165, 1.54) is 27.8 Å². The number of pyridine rings is 1. The third kappa shape index (κ3) is 10.0. The van der Waals surface area contributed by atoms with Gasteiger partial charge in [-0.1, -0.05) is 212 Å². The SMILES string of the molecule is Cc1cc(-c2c(-c3ccccc3)cccc2C(C)(C)C)ccc1-n1c(-c2cc(C(C)(C)C)cc(C)c2O)nc2c(-c3[c-]c(-c4cc(-c5ccc(C(C)(C)C)cc5)ccn4)cc(-c4ccccc4)c3)cccc21.[Pt]. The normalized spacial score (nSPS) is 12.0. The van der Waals surface area contributed by atoms with E-state index in [0.29, 0.717) is 11.4 Å². The van der Waals surface area contributed by atoms with Crippen LogP contribution in [0, 0.1) is 19.9 Å². The molecule has 368 valence electrons. The van der Waals surface area contributed by atoms with E-state index in [0.717, 1.165) is 83.6 Å². The summed E-state index contributed by atoms with van der Waals surface area (Å²) in [7, 11) is 0. The van der Waals surface area contributed by atoms with Crippen LogP contribution in [0.5, 0.6) is 5.75 Å². The number of phenolic OH excluding ortho intramolecular Hbond substituents is 1. The van der Waals surface area contributed by atoms with Crippen LogP contribution in [0.25, 0.3) is 95.0 Å². The molecule has 2 aromatic heterocycles. The fourth-order valence-electron chi connectivity index (χ4n) is 10.1. The van der Waals surface area contributed by atoms with Gasteiger partial charge in [0.05, 0.1) is 22.3 Å². The number of hydrogen-bond donors (Lipinski definition) is 1. The summed E-state index contributed by atoms with van der Waals surface area (Å²) in [6, 6.07) is 66.8. The molecule has 0 aliphatic rings. The molecule has 4 nitrogen and oxygen atoms in total. The van der Waals surface area contributed by atoms with Crippen LogP contribution in [-0.4, -0.2) is 19.6 Å². The Balaban J connectivity index is 0.00000656. The number of fused-ring (bicyclic) bond motifs is 1. The van der Waals surface area contributed by atoms with Crippen molar-refractivity contribution < 1.29 is 26.2 Å². The Labute approximate surface area is 447 Å². The maximum absolute atomic E-state index is 12.1. The standard InChI is InChI=1S/C68H64N3O.Pt/c1-43-36-49(62-55(47-22-16-13-17-23-47)24-18-26-58(62)68(9,10)11)30-33-60(43)71-61-27-19-25-56(63(61)70-65(71)57-42-54(67(6,7)8)37-44(2)64(57)72)51-38-50(45-20-14-12-15-21-45)39-52(40-51)59-41-48(34-35-69-59)46-28-31-53(32-29-46)66(3,4)5;/h12-39,41-42,72H,1-11H3;/q-1;. The van der Waals surface area contributed by atoms with Crippen LogP contribution in [-0.2, 0) is 37.3 Å². The van der Waals surface area contributed by atoms with Crippen LogP contribution in [0.1, 0.15) is 90.1 Å². The van der Waals surface area contributed by atoms with E-state index in [2.05, 4.69) is 256 Å². The van der Waals surface area contributed by atoms with E-state index in [9.17, 15) is 5.11 Å². The van der Waals surface area contributed by atoms with Gasteiger partial charge in [-0.15, -0.1) is 23.8 Å². The molecule has 0 fully saturated rings. The summed E-state index contributed by atoms with van der Waals surface area (Å²) in [5.74, 6) is 0.896. The Bertz CT molecular complexity index is 3640. The predicted molar refractivity (Wildman–Crippen MR) is 303 cm³/mol. The maximum Gasteiger partial charge on any atom is 0.148 e. The summed E-state index contributed by atoms with van der Waals surface area (Å²) in [5, 5.41) is 12.1. The molecule has 0 bridgehead atoms. The number of rotatable bonds is 8. The predicted octanol–water partition coefficient (Wildman–Crippen LogP) is 18.1. The molecular weight excluding hydrogens is 1070 g/mol. The van der Waals surface area contributed by atoms with Gasteiger partial charge in [0.25, 0.3) is 0 Å². The Morgan fingerprint density at radius 1 is 0.466 bits per heavy atom. The quantitative estimate of drug-likeness (QED) is 0.154. The summed E-state index contributed by atoms with van der Waals surface area (Å²) < 4.78 is 2.25. The Kier molecular flexibility index (Phi) is 13.7. The van der Waals surface area contributed by atoms with Crippen LogP contribution >= 0.6 is 0 Å². The van der Waals surface area contributed by atoms with Gasteiger partial charge in [-0.3, -0.25) is 9.55 Å². The molecule has 10 aromatic rings. The number of imidazole rings is 1. The average Bonchev–Trinajstić information content (AvgIpc) is 3.76. The molecule has 0 aliphatic heterocycles. The second-order valence-electron chi connectivity index (χ2n) is 22.5. The number of para-hydroxylation sites is 1. The molecule has 2 heterocycles. The zero-order valence-electron chi connectivity index (χ0n) is 43.9. The van der Waals surface area contributed by atoms with Crippen LogP contribution in [0.15, 0.2) is 182 Å². The first-order chi connectivity index (χ1) is 34.3. The van der Waals surface area contributed by atoms with Gasteiger partial charge in [0.1, 0.15) is 11.6 Å². The maximum atomic E-state index is 12.1. The van der Waals surface area contributed by atoms with Gasteiger partial charge in [0.2, 0.25) is 0 Å². The third-order valence-electron chi connectivity index (χ3n) is 14.2. The molecule has 73 heavy (non-hydrogen) atoms. The van der Waals surface area contributed by atoms with Gasteiger partial charge in [0, 0.05) is 33.0 Å². The van der Waals surface area contributed by atoms with Gasteiger partial charge >= 0.3 is 0 Å². The molecule has 0 unspecified atom stereocenters. The summed E-state index contributed by atoms with van der Waals surface area (Å²) in [4.78, 5) is 10.6. The van der Waals surface area contributed by atoms with Crippen LogP contribution < -0.4 is 0 Å². The molecule has 0 saturated heterocycles. The van der Waals surface area contributed by atoms with Gasteiger partial charge in [-0.05, 0) is 127 Å². The summed E-state index contributed by atoms with van der Waals surface area (Å²) >= 11 is 0. The van der Waals surface area contributed by atoms with Crippen molar-refractivity contribution in [2.45, 2.75) is 92.4 Å². The zero-order chi connectivity index (χ0) is 50.7. The van der Waals surface area contributed by atoms with Crippen molar-refractivity contribution in [3.05, 3.63) is 216 Å². The monoisotopic (exact) mass is 1130 g/mol. The van der Waals surface area contributed by atoms with Gasteiger partial charge in [-0.2, -0.15) is 0 Å². The minimum atomic E-state index is -0.172. The summed E-state index contributed by atoms with van der Waals surface area (Å²) in [6.07, 6.45) is 1.90. The van der Waals surface area contributed by atoms with Crippen molar-refractivity contribution in [3.8, 4) is 89.7 Å². The zero-order valence-corrected chi connectivity index (χ0v) is 46.2. The molecule has 0 atom stereocenters. The van der Waals surface area contributed by atoms with E-state index in [1.807, 2.05) is 13.1 Å². The number of nitrogens with zero attached hydrogens (tertiary/aromatic N) is 3. The Morgan fingerprint density at radius 2 is 1.08 bits per heavy atom.